The molecule has 3 atom stereocenters. The van der Waals surface area contributed by atoms with Gasteiger partial charge in [-0.3, -0.25) is 29.5 Å². The first-order valence-corrected chi connectivity index (χ1v) is 10.4. The molecule has 0 aromatic heterocycles. The van der Waals surface area contributed by atoms with E-state index in [9.17, 15) is 19.2 Å². The zero-order valence-corrected chi connectivity index (χ0v) is 17.8. The highest BCUT2D eigenvalue weighted by molar-refractivity contribution is 6.43. The lowest BCUT2D eigenvalue weighted by atomic mass is 9.94. The van der Waals surface area contributed by atoms with Gasteiger partial charge in [0.2, 0.25) is 11.7 Å². The molecule has 8 heteroatoms. The molecular weight excluding hydrogens is 384 g/mol. The van der Waals surface area contributed by atoms with Crippen molar-refractivity contribution in [3.8, 4) is 0 Å². The molecule has 0 aliphatic carbocycles. The Morgan fingerprint density at radius 3 is 2.30 bits per heavy atom. The van der Waals surface area contributed by atoms with E-state index in [-0.39, 0.29) is 30.0 Å². The minimum atomic E-state index is -0.950. The molecule has 0 fully saturated rings. The zero-order valence-electron chi connectivity index (χ0n) is 17.8. The molecule has 2 aliphatic rings. The maximum absolute atomic E-state index is 13.3. The van der Waals surface area contributed by atoms with Gasteiger partial charge >= 0.3 is 0 Å². The Morgan fingerprint density at radius 2 is 1.77 bits per heavy atom. The Labute approximate surface area is 176 Å². The summed E-state index contributed by atoms with van der Waals surface area (Å²) in [6.45, 7) is 7.73. The first-order valence-electron chi connectivity index (χ1n) is 10.4. The van der Waals surface area contributed by atoms with E-state index in [0.717, 1.165) is 11.3 Å². The van der Waals surface area contributed by atoms with E-state index in [1.807, 2.05) is 27.7 Å². The van der Waals surface area contributed by atoms with Crippen LogP contribution in [0.25, 0.3) is 0 Å². The smallest absolute Gasteiger partial charge is 0.262 e. The summed E-state index contributed by atoms with van der Waals surface area (Å²) in [4.78, 5) is 52.5. The molecular formula is C22H28N4O4. The van der Waals surface area contributed by atoms with Gasteiger partial charge in [-0.15, -0.1) is 0 Å². The lowest BCUT2D eigenvalue weighted by Gasteiger charge is -2.26. The Bertz CT molecular complexity index is 873. The number of nitrogens with one attached hydrogen (secondary N) is 2. The molecule has 3 amide bonds. The lowest BCUT2D eigenvalue weighted by molar-refractivity contribution is -0.123. The molecule has 2 heterocycles. The van der Waals surface area contributed by atoms with Crippen molar-refractivity contribution in [3.05, 3.63) is 35.4 Å². The minimum Gasteiger partial charge on any atom is -0.352 e. The van der Waals surface area contributed by atoms with Crippen molar-refractivity contribution in [3.63, 3.8) is 0 Å². The van der Waals surface area contributed by atoms with Crippen molar-refractivity contribution < 1.29 is 19.2 Å². The molecule has 0 saturated carbocycles. The van der Waals surface area contributed by atoms with Crippen LogP contribution in [0, 0.1) is 5.92 Å². The molecule has 2 N–H and O–H groups in total. The largest absolute Gasteiger partial charge is 0.352 e. The van der Waals surface area contributed by atoms with E-state index in [2.05, 4.69) is 15.8 Å². The van der Waals surface area contributed by atoms with Crippen LogP contribution in [0.5, 0.6) is 0 Å². The fourth-order valence-corrected chi connectivity index (χ4v) is 3.65. The van der Waals surface area contributed by atoms with E-state index in [4.69, 9.17) is 0 Å². The average Bonchev–Trinajstić information content (AvgIpc) is 3.30. The molecule has 1 aromatic carbocycles. The molecule has 30 heavy (non-hydrogen) atoms. The van der Waals surface area contributed by atoms with Crippen molar-refractivity contribution in [1.82, 2.24) is 15.6 Å². The first kappa shape index (κ1) is 21.7. The molecule has 0 radical (unpaired) electrons. The molecule has 160 valence electrons. The Hall–Kier alpha value is -3.03. The van der Waals surface area contributed by atoms with Crippen molar-refractivity contribution in [2.45, 2.75) is 65.1 Å². The molecule has 0 spiro atoms. The quantitative estimate of drug-likeness (QED) is 0.634. The third-order valence-electron chi connectivity index (χ3n) is 5.49. The highest BCUT2D eigenvalue weighted by Crippen LogP contribution is 2.28. The van der Waals surface area contributed by atoms with Crippen LogP contribution in [0.2, 0.25) is 0 Å². The molecule has 3 unspecified atom stereocenters. The monoisotopic (exact) mass is 412 g/mol. The maximum Gasteiger partial charge on any atom is 0.262 e. The Balaban J connectivity index is 1.79. The van der Waals surface area contributed by atoms with Gasteiger partial charge in [0.05, 0.1) is 11.1 Å². The van der Waals surface area contributed by atoms with E-state index in [1.54, 1.807) is 24.3 Å². The number of nitrogens with zero attached hydrogens (tertiary/aromatic N) is 2. The SMILES string of the molecule is CCC(C)NC(=O)C1CC(C(=O)C(CC(C)C)N2C(=O)c3ccccc3C2=O)=NN1. The number of fused-ring (bicyclic) bond motifs is 1. The number of benzene rings is 1. The summed E-state index contributed by atoms with van der Waals surface area (Å²) in [5.41, 5.74) is 3.52. The number of rotatable bonds is 8. The number of carbonyl (C=O) groups is 4. The molecule has 0 bridgehead atoms. The van der Waals surface area contributed by atoms with Crippen molar-refractivity contribution in [2.75, 3.05) is 0 Å². The summed E-state index contributed by atoms with van der Waals surface area (Å²) in [6, 6.07) is 5.00. The van der Waals surface area contributed by atoms with Crippen LogP contribution in [0.15, 0.2) is 29.4 Å². The van der Waals surface area contributed by atoms with E-state index in [0.29, 0.717) is 17.5 Å². The zero-order chi connectivity index (χ0) is 22.0. The van der Waals surface area contributed by atoms with E-state index in [1.165, 1.54) is 0 Å². The van der Waals surface area contributed by atoms with Crippen LogP contribution in [0.3, 0.4) is 0 Å². The normalized spacial score (nSPS) is 20.0. The van der Waals surface area contributed by atoms with Gasteiger partial charge in [-0.2, -0.15) is 5.10 Å². The van der Waals surface area contributed by atoms with Crippen LogP contribution in [0.1, 0.15) is 67.7 Å². The van der Waals surface area contributed by atoms with Crippen LogP contribution in [-0.2, 0) is 9.59 Å². The number of carbonyl (C=O) groups excluding carboxylic acids is 4. The second kappa shape index (κ2) is 8.77. The molecule has 3 rings (SSSR count). The number of amides is 3. The summed E-state index contributed by atoms with van der Waals surface area (Å²) < 4.78 is 0. The predicted octanol–water partition coefficient (Wildman–Crippen LogP) is 1.90. The highest BCUT2D eigenvalue weighted by atomic mass is 16.2. The van der Waals surface area contributed by atoms with Gasteiger partial charge in [0.1, 0.15) is 17.8 Å². The molecule has 2 aliphatic heterocycles. The minimum absolute atomic E-state index is 0.0195. The van der Waals surface area contributed by atoms with E-state index < -0.39 is 29.7 Å². The predicted molar refractivity (Wildman–Crippen MR) is 112 cm³/mol. The third-order valence-corrected chi connectivity index (χ3v) is 5.49. The number of Topliss-reactive ketones (excluding diaryl/α,β-unsaturated/α-hetero) is 1. The highest BCUT2D eigenvalue weighted by Gasteiger charge is 2.44. The lowest BCUT2D eigenvalue weighted by Crippen LogP contribution is -2.48. The summed E-state index contributed by atoms with van der Waals surface area (Å²) in [5.74, 6) is -1.48. The van der Waals surface area contributed by atoms with Crippen LogP contribution in [0.4, 0.5) is 0 Å². The number of ketones is 1. The second-order valence-corrected chi connectivity index (χ2v) is 8.30. The number of hydrazone groups is 1. The molecule has 8 nitrogen and oxygen atoms in total. The summed E-state index contributed by atoms with van der Waals surface area (Å²) >= 11 is 0. The van der Waals surface area contributed by atoms with Gasteiger partial charge in [-0.25, -0.2) is 0 Å². The van der Waals surface area contributed by atoms with Crippen LogP contribution in [-0.4, -0.2) is 52.2 Å². The van der Waals surface area contributed by atoms with Gasteiger partial charge in [-0.05, 0) is 37.8 Å². The Kier molecular flexibility index (Phi) is 6.34. The van der Waals surface area contributed by atoms with Gasteiger partial charge in [-0.1, -0.05) is 32.9 Å². The van der Waals surface area contributed by atoms with E-state index >= 15 is 0 Å². The molecule has 0 saturated heterocycles. The van der Waals surface area contributed by atoms with Crippen LogP contribution < -0.4 is 10.7 Å². The fourth-order valence-electron chi connectivity index (χ4n) is 3.65. The summed E-state index contributed by atoms with van der Waals surface area (Å²) in [5, 5.41) is 6.95. The van der Waals surface area contributed by atoms with Gasteiger partial charge in [0.25, 0.3) is 11.8 Å². The van der Waals surface area contributed by atoms with Gasteiger partial charge in [0, 0.05) is 12.5 Å². The maximum atomic E-state index is 13.3. The number of hydrogen-bond donors (Lipinski definition) is 2. The van der Waals surface area contributed by atoms with Gasteiger partial charge < -0.3 is 5.32 Å². The van der Waals surface area contributed by atoms with Crippen molar-refractivity contribution >= 4 is 29.2 Å². The fraction of sp³-hybridized carbons (Fsp3) is 0.500. The average molecular weight is 412 g/mol. The van der Waals surface area contributed by atoms with Gasteiger partial charge in [0.15, 0.2) is 0 Å². The summed E-state index contributed by atoms with van der Waals surface area (Å²) in [6.07, 6.45) is 1.24. The standard InChI is InChI=1S/C22H28N4O4/c1-5-13(4)23-20(28)17-11-16(24-25-17)19(27)18(10-12(2)3)26-21(29)14-8-6-7-9-15(14)22(26)30/h6-9,12-13,17-18,25H,5,10-11H2,1-4H3,(H,23,28). The van der Waals surface area contributed by atoms with Crippen LogP contribution >= 0.6 is 0 Å². The topological polar surface area (TPSA) is 108 Å². The number of hydrogen-bond acceptors (Lipinski definition) is 6. The Morgan fingerprint density at radius 1 is 1.17 bits per heavy atom. The van der Waals surface area contributed by atoms with Crippen molar-refractivity contribution in [2.24, 2.45) is 11.0 Å². The molecule has 1 aromatic rings. The second-order valence-electron chi connectivity index (χ2n) is 8.30. The third kappa shape index (κ3) is 4.13. The van der Waals surface area contributed by atoms with Crippen molar-refractivity contribution in [1.29, 1.82) is 0 Å². The number of imide groups is 1. The first-order chi connectivity index (χ1) is 14.2. The summed E-state index contributed by atoms with van der Waals surface area (Å²) in [7, 11) is 0.